The molecule has 0 amide bonds. The van der Waals surface area contributed by atoms with Gasteiger partial charge in [-0.2, -0.15) is 5.26 Å². The van der Waals surface area contributed by atoms with Crippen LogP contribution in [0.5, 0.6) is 11.5 Å². The highest BCUT2D eigenvalue weighted by Crippen LogP contribution is 2.19. The molecule has 2 rings (SSSR count). The minimum atomic E-state index is -1.69. The SMILES string of the molecule is O=C(O)OO.c1ccc(Oc2ccccc2)cc1. The number of carbonyl (C=O) groups is 1. The van der Waals surface area contributed by atoms with Crippen LogP contribution < -0.4 is 4.74 Å². The molecule has 0 bridgehead atoms. The standard InChI is InChI=1S/C12H10O.CH2O4/c1-3-7-11(8-4-1)13-12-9-5-2-6-10-12;2-1(3)5-4/h1-10H;4H,(H,2,3). The molecule has 0 atom stereocenters. The van der Waals surface area contributed by atoms with Gasteiger partial charge in [0.25, 0.3) is 0 Å². The Balaban J connectivity index is 0.000000280. The summed E-state index contributed by atoms with van der Waals surface area (Å²) >= 11 is 0. The first-order chi connectivity index (χ1) is 8.72. The number of rotatable bonds is 2. The van der Waals surface area contributed by atoms with Crippen LogP contribution in [0.15, 0.2) is 60.7 Å². The van der Waals surface area contributed by atoms with E-state index in [0.717, 1.165) is 11.5 Å². The molecule has 18 heavy (non-hydrogen) atoms. The fraction of sp³-hybridized carbons (Fsp3) is 0. The first-order valence-electron chi connectivity index (χ1n) is 5.04. The van der Waals surface area contributed by atoms with Gasteiger partial charge in [-0.3, -0.25) is 4.89 Å². The summed E-state index contributed by atoms with van der Waals surface area (Å²) in [6.07, 6.45) is -1.69. The van der Waals surface area contributed by atoms with Crippen LogP contribution in [0.2, 0.25) is 0 Å². The van der Waals surface area contributed by atoms with Crippen molar-refractivity contribution < 1.29 is 24.8 Å². The van der Waals surface area contributed by atoms with Gasteiger partial charge in [0.05, 0.1) is 0 Å². The Morgan fingerprint density at radius 2 is 1.17 bits per heavy atom. The van der Waals surface area contributed by atoms with E-state index in [-0.39, 0.29) is 0 Å². The first-order valence-corrected chi connectivity index (χ1v) is 5.04. The second-order valence-electron chi connectivity index (χ2n) is 3.09. The second kappa shape index (κ2) is 7.70. The van der Waals surface area contributed by atoms with Crippen molar-refractivity contribution in [3.63, 3.8) is 0 Å². The molecule has 5 nitrogen and oxygen atoms in total. The van der Waals surface area contributed by atoms with Crippen molar-refractivity contribution in [1.29, 1.82) is 0 Å². The zero-order valence-electron chi connectivity index (χ0n) is 9.39. The third-order valence-corrected chi connectivity index (χ3v) is 1.80. The summed E-state index contributed by atoms with van der Waals surface area (Å²) in [5, 5.41) is 14.3. The average molecular weight is 248 g/mol. The molecular formula is C13H12O5. The molecule has 2 aromatic rings. The summed E-state index contributed by atoms with van der Waals surface area (Å²) in [5.41, 5.74) is 0. The van der Waals surface area contributed by atoms with E-state index in [1.54, 1.807) is 0 Å². The van der Waals surface area contributed by atoms with E-state index < -0.39 is 6.16 Å². The number of hydrogen-bond donors (Lipinski definition) is 2. The molecule has 0 saturated heterocycles. The molecule has 2 aromatic carbocycles. The minimum absolute atomic E-state index is 0.869. The Morgan fingerprint density at radius 1 is 0.833 bits per heavy atom. The van der Waals surface area contributed by atoms with Crippen molar-refractivity contribution in [1.82, 2.24) is 0 Å². The van der Waals surface area contributed by atoms with Gasteiger partial charge >= 0.3 is 6.16 Å². The van der Waals surface area contributed by atoms with Crippen molar-refractivity contribution in [3.05, 3.63) is 60.7 Å². The van der Waals surface area contributed by atoms with Crippen LogP contribution in [0.3, 0.4) is 0 Å². The average Bonchev–Trinajstić information content (AvgIpc) is 2.42. The number of hydrogen-bond acceptors (Lipinski definition) is 4. The Morgan fingerprint density at radius 3 is 1.44 bits per heavy atom. The van der Waals surface area contributed by atoms with Crippen LogP contribution in [0.1, 0.15) is 0 Å². The maximum Gasteiger partial charge on any atom is 0.537 e. The summed E-state index contributed by atoms with van der Waals surface area (Å²) in [6, 6.07) is 19.5. The Kier molecular flexibility index (Phi) is 5.79. The van der Waals surface area contributed by atoms with Crippen LogP contribution in [0.4, 0.5) is 4.79 Å². The highest BCUT2D eigenvalue weighted by atomic mass is 17.1. The van der Waals surface area contributed by atoms with Gasteiger partial charge < -0.3 is 9.84 Å². The van der Waals surface area contributed by atoms with Crippen molar-refractivity contribution in [3.8, 4) is 11.5 Å². The maximum atomic E-state index is 8.90. The van der Waals surface area contributed by atoms with Gasteiger partial charge in [0.15, 0.2) is 0 Å². The molecule has 0 radical (unpaired) electrons. The predicted octanol–water partition coefficient (Wildman–Crippen LogP) is 3.63. The van der Waals surface area contributed by atoms with Crippen LogP contribution in [-0.4, -0.2) is 16.5 Å². The molecule has 0 aliphatic rings. The number of para-hydroxylation sites is 2. The lowest BCUT2D eigenvalue weighted by Crippen LogP contribution is -1.91. The van der Waals surface area contributed by atoms with E-state index in [2.05, 4.69) is 4.89 Å². The predicted molar refractivity (Wildman–Crippen MR) is 64.7 cm³/mol. The Labute approximate surface area is 104 Å². The van der Waals surface area contributed by atoms with Crippen molar-refractivity contribution in [2.24, 2.45) is 0 Å². The molecule has 0 saturated carbocycles. The zero-order chi connectivity index (χ0) is 13.2. The molecule has 5 heteroatoms. The lowest BCUT2D eigenvalue weighted by Gasteiger charge is -2.03. The number of carboxylic acid groups (broad SMARTS) is 1. The topological polar surface area (TPSA) is 76.0 Å². The lowest BCUT2D eigenvalue weighted by atomic mass is 10.3. The van der Waals surface area contributed by atoms with Crippen molar-refractivity contribution in [2.75, 3.05) is 0 Å². The molecular weight excluding hydrogens is 236 g/mol. The van der Waals surface area contributed by atoms with E-state index in [1.165, 1.54) is 0 Å². The van der Waals surface area contributed by atoms with Crippen molar-refractivity contribution >= 4 is 6.16 Å². The maximum absolute atomic E-state index is 8.90. The van der Waals surface area contributed by atoms with Gasteiger partial charge in [-0.25, -0.2) is 4.79 Å². The van der Waals surface area contributed by atoms with Crippen LogP contribution >= 0.6 is 0 Å². The number of benzene rings is 2. The molecule has 0 spiro atoms. The molecule has 2 N–H and O–H groups in total. The van der Waals surface area contributed by atoms with Gasteiger partial charge in [0.2, 0.25) is 0 Å². The summed E-state index contributed by atoms with van der Waals surface area (Å²) in [4.78, 5) is 11.6. The molecule has 0 unspecified atom stereocenters. The highest BCUT2D eigenvalue weighted by Gasteiger charge is 1.92. The second-order valence-corrected chi connectivity index (χ2v) is 3.09. The van der Waals surface area contributed by atoms with E-state index in [9.17, 15) is 0 Å². The van der Waals surface area contributed by atoms with Gasteiger partial charge in [-0.05, 0) is 24.3 Å². The highest BCUT2D eigenvalue weighted by molar-refractivity contribution is 5.55. The quantitative estimate of drug-likeness (QED) is 0.626. The monoisotopic (exact) mass is 248 g/mol. The lowest BCUT2D eigenvalue weighted by molar-refractivity contribution is -0.194. The summed E-state index contributed by atoms with van der Waals surface area (Å²) in [6.45, 7) is 0. The van der Waals surface area contributed by atoms with E-state index >= 15 is 0 Å². The summed E-state index contributed by atoms with van der Waals surface area (Å²) in [7, 11) is 0. The molecule has 94 valence electrons. The third kappa shape index (κ3) is 5.53. The summed E-state index contributed by atoms with van der Waals surface area (Å²) in [5.74, 6) is 1.74. The van der Waals surface area contributed by atoms with Crippen LogP contribution in [0, 0.1) is 0 Å². The summed E-state index contributed by atoms with van der Waals surface area (Å²) < 4.78 is 5.58. The zero-order valence-corrected chi connectivity index (χ0v) is 9.39. The third-order valence-electron chi connectivity index (χ3n) is 1.80. The van der Waals surface area contributed by atoms with Crippen LogP contribution in [-0.2, 0) is 4.89 Å². The molecule has 0 aliphatic heterocycles. The first kappa shape index (κ1) is 13.5. The normalized spacial score (nSPS) is 8.72. The van der Waals surface area contributed by atoms with E-state index in [0.29, 0.717) is 0 Å². The van der Waals surface area contributed by atoms with Crippen molar-refractivity contribution in [2.45, 2.75) is 0 Å². The molecule has 0 aliphatic carbocycles. The minimum Gasteiger partial charge on any atom is -0.457 e. The number of ether oxygens (including phenoxy) is 1. The largest absolute Gasteiger partial charge is 0.537 e. The smallest absolute Gasteiger partial charge is 0.457 e. The van der Waals surface area contributed by atoms with Gasteiger partial charge in [0, 0.05) is 0 Å². The Bertz CT molecular complexity index is 418. The Hall–Kier alpha value is -2.53. The van der Waals surface area contributed by atoms with E-state index in [4.69, 9.17) is 19.9 Å². The van der Waals surface area contributed by atoms with Gasteiger partial charge in [-0.1, -0.05) is 36.4 Å². The molecule has 0 fully saturated rings. The fourth-order valence-electron chi connectivity index (χ4n) is 1.11. The van der Waals surface area contributed by atoms with Gasteiger partial charge in [-0.15, -0.1) is 0 Å². The van der Waals surface area contributed by atoms with E-state index in [1.807, 2.05) is 60.7 Å². The van der Waals surface area contributed by atoms with Crippen LogP contribution in [0.25, 0.3) is 0 Å². The molecule has 0 aromatic heterocycles. The fourth-order valence-corrected chi connectivity index (χ4v) is 1.11. The molecule has 0 heterocycles. The van der Waals surface area contributed by atoms with Gasteiger partial charge in [0.1, 0.15) is 11.5 Å².